The van der Waals surface area contributed by atoms with E-state index in [1.54, 1.807) is 18.2 Å². The number of anilines is 1. The minimum atomic E-state index is -1.22. The summed E-state index contributed by atoms with van der Waals surface area (Å²) in [6, 6.07) is 10.4. The van der Waals surface area contributed by atoms with Crippen molar-refractivity contribution in [1.82, 2.24) is 0 Å². The first-order valence-electron chi connectivity index (χ1n) is 7.26. The fourth-order valence-corrected chi connectivity index (χ4v) is 2.30. The summed E-state index contributed by atoms with van der Waals surface area (Å²) in [5.74, 6) is -3.42. The Morgan fingerprint density at radius 2 is 1.80 bits per heavy atom. The first kappa shape index (κ1) is 18.8. The van der Waals surface area contributed by atoms with Crippen molar-refractivity contribution < 1.29 is 23.1 Å². The Bertz CT molecular complexity index is 803. The van der Waals surface area contributed by atoms with Crippen molar-refractivity contribution in [2.24, 2.45) is 0 Å². The van der Waals surface area contributed by atoms with E-state index in [0.717, 1.165) is 28.2 Å². The molecule has 0 aliphatic rings. The van der Waals surface area contributed by atoms with E-state index in [4.69, 9.17) is 4.74 Å². The molecule has 0 saturated carbocycles. The average molecular weight is 410 g/mol. The topological polar surface area (TPSA) is 55.4 Å². The van der Waals surface area contributed by atoms with Gasteiger partial charge in [-0.3, -0.25) is 4.79 Å². The Hall–Kier alpha value is -2.54. The monoisotopic (exact) mass is 409 g/mol. The number of esters is 1. The zero-order valence-corrected chi connectivity index (χ0v) is 14.7. The van der Waals surface area contributed by atoms with Gasteiger partial charge in [0.1, 0.15) is 17.3 Å². The number of hydrogen-bond acceptors (Lipinski definition) is 3. The molecule has 1 amide bonds. The molecule has 0 bridgehead atoms. The number of rotatable bonds is 5. The second-order valence-corrected chi connectivity index (χ2v) is 5.97. The molecule has 0 aromatic heterocycles. The quantitative estimate of drug-likeness (QED) is 0.591. The van der Waals surface area contributed by atoms with E-state index >= 15 is 0 Å². The second-order valence-electron chi connectivity index (χ2n) is 5.05. The molecular weight excluding hydrogens is 396 g/mol. The number of ether oxygens (including phenoxy) is 1. The Kier molecular flexibility index (Phi) is 6.41. The fraction of sp³-hybridized carbons (Fsp3) is 0.111. The van der Waals surface area contributed by atoms with Gasteiger partial charge < -0.3 is 10.1 Å². The van der Waals surface area contributed by atoms with Gasteiger partial charge in [-0.2, -0.15) is 0 Å². The summed E-state index contributed by atoms with van der Waals surface area (Å²) < 4.78 is 32.8. The van der Waals surface area contributed by atoms with Gasteiger partial charge in [0.2, 0.25) is 0 Å². The molecule has 0 saturated heterocycles. The molecule has 2 aromatic rings. The van der Waals surface area contributed by atoms with E-state index in [-0.39, 0.29) is 0 Å². The van der Waals surface area contributed by atoms with E-state index < -0.39 is 35.3 Å². The highest BCUT2D eigenvalue weighted by atomic mass is 79.9. The Morgan fingerprint density at radius 3 is 2.44 bits per heavy atom. The van der Waals surface area contributed by atoms with Crippen molar-refractivity contribution in [3.05, 3.63) is 70.2 Å². The zero-order valence-electron chi connectivity index (χ0n) is 13.1. The number of hydrogen-bond donors (Lipinski definition) is 1. The maximum absolute atomic E-state index is 13.5. The van der Waals surface area contributed by atoms with Crippen LogP contribution in [0, 0.1) is 11.6 Å². The molecule has 0 fully saturated rings. The van der Waals surface area contributed by atoms with E-state index in [1.807, 2.05) is 6.07 Å². The fourth-order valence-electron chi connectivity index (χ4n) is 1.88. The number of carbonyl (C=O) groups is 2. The number of para-hydroxylation sites is 1. The van der Waals surface area contributed by atoms with Gasteiger partial charge in [-0.25, -0.2) is 13.6 Å². The lowest BCUT2D eigenvalue weighted by Gasteiger charge is -2.13. The molecule has 130 valence electrons. The molecule has 25 heavy (non-hydrogen) atoms. The standard InChI is InChI=1S/C18H14BrF2NO3/c1-11(18(24)22-17-14(20)6-3-7-15(17)21)25-16(23)9-8-12-4-2-5-13(19)10-12/h2-11H,1H3,(H,22,24)/b9-8+/t11-/m0/s1. The van der Waals surface area contributed by atoms with Crippen LogP contribution in [0.5, 0.6) is 0 Å². The van der Waals surface area contributed by atoms with Gasteiger partial charge in [0, 0.05) is 10.5 Å². The molecule has 7 heteroatoms. The first-order chi connectivity index (χ1) is 11.9. The van der Waals surface area contributed by atoms with Crippen molar-refractivity contribution >= 4 is 39.6 Å². The summed E-state index contributed by atoms with van der Waals surface area (Å²) in [7, 11) is 0. The minimum Gasteiger partial charge on any atom is -0.449 e. The van der Waals surface area contributed by atoms with Crippen LogP contribution in [0.25, 0.3) is 6.08 Å². The van der Waals surface area contributed by atoms with Gasteiger partial charge in [-0.05, 0) is 42.8 Å². The van der Waals surface area contributed by atoms with Crippen LogP contribution in [0.4, 0.5) is 14.5 Å². The van der Waals surface area contributed by atoms with Gasteiger partial charge in [0.05, 0.1) is 0 Å². The largest absolute Gasteiger partial charge is 0.449 e. The molecular formula is C18H14BrF2NO3. The number of halogens is 3. The number of nitrogens with one attached hydrogen (secondary N) is 1. The maximum Gasteiger partial charge on any atom is 0.331 e. The molecule has 0 unspecified atom stereocenters. The summed E-state index contributed by atoms with van der Waals surface area (Å²) in [6.07, 6.45) is 1.46. The maximum atomic E-state index is 13.5. The molecule has 2 aromatic carbocycles. The second kappa shape index (κ2) is 8.53. The van der Waals surface area contributed by atoms with E-state index in [0.29, 0.717) is 0 Å². The first-order valence-corrected chi connectivity index (χ1v) is 8.05. The molecule has 1 atom stereocenters. The Balaban J connectivity index is 1.95. The average Bonchev–Trinajstić information content (AvgIpc) is 2.56. The third kappa shape index (κ3) is 5.49. The SMILES string of the molecule is C[C@H](OC(=O)/C=C/c1cccc(Br)c1)C(=O)Nc1c(F)cccc1F. The van der Waals surface area contributed by atoms with Crippen LogP contribution in [0.1, 0.15) is 12.5 Å². The minimum absolute atomic E-state index is 0.583. The lowest BCUT2D eigenvalue weighted by Crippen LogP contribution is -2.30. The number of benzene rings is 2. The van der Waals surface area contributed by atoms with Gasteiger partial charge in [0.15, 0.2) is 6.10 Å². The molecule has 0 aliphatic heterocycles. The molecule has 0 heterocycles. The van der Waals surface area contributed by atoms with Crippen LogP contribution in [0.3, 0.4) is 0 Å². The van der Waals surface area contributed by atoms with Gasteiger partial charge in [0.25, 0.3) is 5.91 Å². The van der Waals surface area contributed by atoms with Gasteiger partial charge in [-0.1, -0.05) is 34.1 Å². The van der Waals surface area contributed by atoms with Crippen LogP contribution in [0.15, 0.2) is 53.0 Å². The highest BCUT2D eigenvalue weighted by Gasteiger charge is 2.19. The third-order valence-electron chi connectivity index (χ3n) is 3.13. The van der Waals surface area contributed by atoms with Crippen molar-refractivity contribution in [2.45, 2.75) is 13.0 Å². The molecule has 0 aliphatic carbocycles. The third-order valence-corrected chi connectivity index (χ3v) is 3.63. The normalized spacial score (nSPS) is 12.0. The van der Waals surface area contributed by atoms with Crippen LogP contribution in [-0.4, -0.2) is 18.0 Å². The molecule has 4 nitrogen and oxygen atoms in total. The van der Waals surface area contributed by atoms with Crippen LogP contribution in [0.2, 0.25) is 0 Å². The zero-order chi connectivity index (χ0) is 18.4. The van der Waals surface area contributed by atoms with Gasteiger partial charge in [-0.15, -0.1) is 0 Å². The molecule has 2 rings (SSSR count). The van der Waals surface area contributed by atoms with Crippen LogP contribution >= 0.6 is 15.9 Å². The lowest BCUT2D eigenvalue weighted by atomic mass is 10.2. The van der Waals surface area contributed by atoms with Crippen LogP contribution in [-0.2, 0) is 14.3 Å². The molecule has 0 radical (unpaired) electrons. The lowest BCUT2D eigenvalue weighted by molar-refractivity contribution is -0.148. The highest BCUT2D eigenvalue weighted by molar-refractivity contribution is 9.10. The van der Waals surface area contributed by atoms with Crippen molar-refractivity contribution in [1.29, 1.82) is 0 Å². The highest BCUT2D eigenvalue weighted by Crippen LogP contribution is 2.18. The van der Waals surface area contributed by atoms with Crippen molar-refractivity contribution in [2.75, 3.05) is 5.32 Å². The summed E-state index contributed by atoms with van der Waals surface area (Å²) in [6.45, 7) is 1.30. The van der Waals surface area contributed by atoms with Crippen LogP contribution < -0.4 is 5.32 Å². The predicted molar refractivity (Wildman–Crippen MR) is 93.7 cm³/mol. The molecule has 0 spiro atoms. The Labute approximate surface area is 151 Å². The van der Waals surface area contributed by atoms with Gasteiger partial charge >= 0.3 is 5.97 Å². The van der Waals surface area contributed by atoms with E-state index in [2.05, 4.69) is 21.2 Å². The van der Waals surface area contributed by atoms with E-state index in [1.165, 1.54) is 19.1 Å². The summed E-state index contributed by atoms with van der Waals surface area (Å²) in [4.78, 5) is 23.7. The summed E-state index contributed by atoms with van der Waals surface area (Å²) in [5, 5.41) is 2.07. The summed E-state index contributed by atoms with van der Waals surface area (Å²) >= 11 is 3.31. The predicted octanol–water partition coefficient (Wildman–Crippen LogP) is 4.31. The van der Waals surface area contributed by atoms with Crippen molar-refractivity contribution in [3.8, 4) is 0 Å². The smallest absolute Gasteiger partial charge is 0.331 e. The van der Waals surface area contributed by atoms with Crippen molar-refractivity contribution in [3.63, 3.8) is 0 Å². The number of amides is 1. The summed E-state index contributed by atoms with van der Waals surface area (Å²) in [5.41, 5.74) is 0.178. The molecule has 1 N–H and O–H groups in total. The Morgan fingerprint density at radius 1 is 1.16 bits per heavy atom. The number of carbonyl (C=O) groups excluding carboxylic acids is 2. The van der Waals surface area contributed by atoms with E-state index in [9.17, 15) is 18.4 Å².